The lowest BCUT2D eigenvalue weighted by Gasteiger charge is -2.35. The Hall–Kier alpha value is -1.14. The van der Waals surface area contributed by atoms with Gasteiger partial charge in [-0.25, -0.2) is 0 Å². The number of nitrogens with zero attached hydrogens (tertiary/aromatic N) is 2. The van der Waals surface area contributed by atoms with Crippen LogP contribution in [0.25, 0.3) is 0 Å². The van der Waals surface area contributed by atoms with E-state index < -0.39 is 6.04 Å². The van der Waals surface area contributed by atoms with Crippen molar-refractivity contribution in [1.82, 2.24) is 15.1 Å². The average molecular weight is 256 g/mol. The van der Waals surface area contributed by atoms with Gasteiger partial charge in [-0.05, 0) is 13.3 Å². The number of rotatable bonds is 5. The Balaban J connectivity index is 2.27. The van der Waals surface area contributed by atoms with Crippen LogP contribution in [0.2, 0.25) is 0 Å². The summed E-state index contributed by atoms with van der Waals surface area (Å²) in [6.07, 6.45) is 0.947. The van der Waals surface area contributed by atoms with Crippen molar-refractivity contribution in [1.29, 1.82) is 0 Å². The summed E-state index contributed by atoms with van der Waals surface area (Å²) < 4.78 is 0. The average Bonchev–Trinajstić information content (AvgIpc) is 2.36. The highest BCUT2D eigenvalue weighted by atomic mass is 16.2. The molecule has 1 fully saturated rings. The normalized spacial score (nSPS) is 18.5. The summed E-state index contributed by atoms with van der Waals surface area (Å²) in [5.74, 6) is 0.0499. The van der Waals surface area contributed by atoms with Crippen LogP contribution in [0.4, 0.5) is 0 Å². The van der Waals surface area contributed by atoms with Gasteiger partial charge in [-0.2, -0.15) is 0 Å². The van der Waals surface area contributed by atoms with Crippen LogP contribution in [0.5, 0.6) is 0 Å². The van der Waals surface area contributed by atoms with E-state index in [4.69, 9.17) is 5.73 Å². The lowest BCUT2D eigenvalue weighted by molar-refractivity contribution is -0.134. The van der Waals surface area contributed by atoms with E-state index >= 15 is 0 Å². The van der Waals surface area contributed by atoms with Crippen LogP contribution >= 0.6 is 0 Å². The zero-order valence-corrected chi connectivity index (χ0v) is 11.3. The maximum Gasteiger partial charge on any atom is 0.239 e. The van der Waals surface area contributed by atoms with Crippen molar-refractivity contribution in [3.8, 4) is 0 Å². The second-order valence-corrected chi connectivity index (χ2v) is 4.74. The maximum absolute atomic E-state index is 11.7. The Morgan fingerprint density at radius 2 is 1.89 bits per heavy atom. The third kappa shape index (κ3) is 4.62. The molecule has 1 rings (SSSR count). The van der Waals surface area contributed by atoms with E-state index in [0.717, 1.165) is 26.1 Å². The van der Waals surface area contributed by atoms with Gasteiger partial charge in [0.05, 0.1) is 12.6 Å². The fourth-order valence-electron chi connectivity index (χ4n) is 1.94. The molecule has 18 heavy (non-hydrogen) atoms. The van der Waals surface area contributed by atoms with E-state index in [0.29, 0.717) is 19.6 Å². The molecular weight excluding hydrogens is 232 g/mol. The molecule has 0 aliphatic carbocycles. The van der Waals surface area contributed by atoms with Crippen molar-refractivity contribution in [2.24, 2.45) is 5.73 Å². The number of hydrogen-bond donors (Lipinski definition) is 2. The number of nitrogens with one attached hydrogen (secondary N) is 1. The molecule has 0 unspecified atom stereocenters. The molecule has 1 atom stereocenters. The van der Waals surface area contributed by atoms with Crippen LogP contribution in [0.15, 0.2) is 0 Å². The van der Waals surface area contributed by atoms with Crippen molar-refractivity contribution >= 4 is 11.8 Å². The largest absolute Gasteiger partial charge is 0.355 e. The van der Waals surface area contributed by atoms with Crippen LogP contribution in [-0.2, 0) is 9.59 Å². The Kier molecular flexibility index (Phi) is 6.07. The molecule has 2 amide bonds. The molecule has 0 aromatic carbocycles. The van der Waals surface area contributed by atoms with Crippen molar-refractivity contribution in [2.75, 3.05) is 39.3 Å². The number of amides is 2. The van der Waals surface area contributed by atoms with Crippen LogP contribution in [0.1, 0.15) is 20.3 Å². The van der Waals surface area contributed by atoms with E-state index in [1.807, 2.05) is 6.92 Å². The highest BCUT2D eigenvalue weighted by Gasteiger charge is 2.23. The van der Waals surface area contributed by atoms with Crippen molar-refractivity contribution in [3.05, 3.63) is 0 Å². The van der Waals surface area contributed by atoms with Gasteiger partial charge in [0, 0.05) is 32.7 Å². The third-order valence-corrected chi connectivity index (χ3v) is 3.01. The van der Waals surface area contributed by atoms with Crippen molar-refractivity contribution < 1.29 is 9.59 Å². The molecule has 0 spiro atoms. The molecule has 1 heterocycles. The fourth-order valence-corrected chi connectivity index (χ4v) is 1.94. The Bertz CT molecular complexity index is 286. The minimum Gasteiger partial charge on any atom is -0.355 e. The zero-order valence-electron chi connectivity index (χ0n) is 11.3. The molecule has 3 N–H and O–H groups in total. The summed E-state index contributed by atoms with van der Waals surface area (Å²) in [6, 6.07) is -0.440. The summed E-state index contributed by atoms with van der Waals surface area (Å²) in [4.78, 5) is 27.0. The molecular formula is C12H24N4O2. The minimum absolute atomic E-state index is 0.00918. The van der Waals surface area contributed by atoms with Gasteiger partial charge in [0.2, 0.25) is 11.8 Å². The van der Waals surface area contributed by atoms with Crippen LogP contribution in [0, 0.1) is 0 Å². The summed E-state index contributed by atoms with van der Waals surface area (Å²) in [5.41, 5.74) is 5.57. The first-order valence-electron chi connectivity index (χ1n) is 6.58. The van der Waals surface area contributed by atoms with E-state index in [2.05, 4.69) is 10.2 Å². The number of piperazine rings is 1. The second kappa shape index (κ2) is 7.33. The predicted molar refractivity (Wildman–Crippen MR) is 70.0 cm³/mol. The Morgan fingerprint density at radius 1 is 1.28 bits per heavy atom. The third-order valence-electron chi connectivity index (χ3n) is 3.01. The SMILES string of the molecule is CCCNC(=O)CN1CCN(C(=O)[C@H](C)N)CC1. The minimum atomic E-state index is -0.440. The standard InChI is InChI=1S/C12H24N4O2/c1-3-4-14-11(17)9-15-5-7-16(8-6-15)12(18)10(2)13/h10H,3-9,13H2,1-2H3,(H,14,17)/t10-/m0/s1. The predicted octanol–water partition coefficient (Wildman–Crippen LogP) is -0.996. The molecule has 1 saturated heterocycles. The molecule has 0 bridgehead atoms. The van der Waals surface area contributed by atoms with Crippen LogP contribution in [-0.4, -0.2) is 66.9 Å². The fraction of sp³-hybridized carbons (Fsp3) is 0.833. The molecule has 6 heteroatoms. The molecule has 0 aromatic heterocycles. The molecule has 0 radical (unpaired) electrons. The molecule has 1 aliphatic rings. The first kappa shape index (κ1) is 14.9. The molecule has 104 valence electrons. The summed E-state index contributed by atoms with van der Waals surface area (Å²) in [6.45, 7) is 7.65. The van der Waals surface area contributed by atoms with Gasteiger partial charge in [0.25, 0.3) is 0 Å². The highest BCUT2D eigenvalue weighted by molar-refractivity contribution is 5.81. The summed E-state index contributed by atoms with van der Waals surface area (Å²) >= 11 is 0. The van der Waals surface area contributed by atoms with Gasteiger partial charge in [0.15, 0.2) is 0 Å². The first-order chi connectivity index (χ1) is 8.54. The van der Waals surface area contributed by atoms with Gasteiger partial charge in [-0.1, -0.05) is 6.92 Å². The number of hydrogen-bond acceptors (Lipinski definition) is 4. The van der Waals surface area contributed by atoms with Gasteiger partial charge < -0.3 is 16.0 Å². The summed E-state index contributed by atoms with van der Waals surface area (Å²) in [5, 5.41) is 2.85. The molecule has 0 saturated carbocycles. The van der Waals surface area contributed by atoms with Gasteiger partial charge in [0.1, 0.15) is 0 Å². The van der Waals surface area contributed by atoms with E-state index in [1.54, 1.807) is 11.8 Å². The van der Waals surface area contributed by atoms with E-state index in [1.165, 1.54) is 0 Å². The molecule has 6 nitrogen and oxygen atoms in total. The quantitative estimate of drug-likeness (QED) is 0.661. The van der Waals surface area contributed by atoms with Gasteiger partial charge in [-0.15, -0.1) is 0 Å². The lowest BCUT2D eigenvalue weighted by atomic mass is 10.2. The van der Waals surface area contributed by atoms with E-state index in [-0.39, 0.29) is 11.8 Å². The number of nitrogens with two attached hydrogens (primary N) is 1. The first-order valence-corrected chi connectivity index (χ1v) is 6.58. The van der Waals surface area contributed by atoms with Crippen LogP contribution < -0.4 is 11.1 Å². The lowest BCUT2D eigenvalue weighted by Crippen LogP contribution is -2.54. The Labute approximate surface area is 108 Å². The Morgan fingerprint density at radius 3 is 2.39 bits per heavy atom. The monoisotopic (exact) mass is 256 g/mol. The topological polar surface area (TPSA) is 78.7 Å². The zero-order chi connectivity index (χ0) is 13.5. The number of carbonyl (C=O) groups is 2. The van der Waals surface area contributed by atoms with Crippen LogP contribution in [0.3, 0.4) is 0 Å². The van der Waals surface area contributed by atoms with Crippen molar-refractivity contribution in [3.63, 3.8) is 0 Å². The smallest absolute Gasteiger partial charge is 0.239 e. The van der Waals surface area contributed by atoms with Crippen molar-refractivity contribution in [2.45, 2.75) is 26.3 Å². The second-order valence-electron chi connectivity index (χ2n) is 4.74. The van der Waals surface area contributed by atoms with Gasteiger partial charge >= 0.3 is 0 Å². The van der Waals surface area contributed by atoms with E-state index in [9.17, 15) is 9.59 Å². The van der Waals surface area contributed by atoms with Gasteiger partial charge in [-0.3, -0.25) is 14.5 Å². The molecule has 1 aliphatic heterocycles. The number of carbonyl (C=O) groups excluding carboxylic acids is 2. The summed E-state index contributed by atoms with van der Waals surface area (Å²) in [7, 11) is 0. The highest BCUT2D eigenvalue weighted by Crippen LogP contribution is 2.03. The maximum atomic E-state index is 11.7. The molecule has 0 aromatic rings.